The van der Waals surface area contributed by atoms with Gasteiger partial charge in [-0.05, 0) is 19.3 Å². The molecule has 3 saturated heterocycles. The van der Waals surface area contributed by atoms with Crippen molar-refractivity contribution in [3.63, 3.8) is 0 Å². The van der Waals surface area contributed by atoms with E-state index < -0.39 is 0 Å². The van der Waals surface area contributed by atoms with Crippen molar-refractivity contribution in [1.29, 1.82) is 0 Å². The Kier molecular flexibility index (Phi) is 4.36. The van der Waals surface area contributed by atoms with Crippen LogP contribution < -0.4 is 5.32 Å². The smallest absolute Gasteiger partial charge is 0.228 e. The molecule has 3 atom stereocenters. The SMILES string of the molecule is CN1CC(C(=O)N2CCC3CCC(C2)N3)CC1=O.Cl. The molecule has 3 aliphatic rings. The molecule has 0 aromatic rings. The van der Waals surface area contributed by atoms with Crippen LogP contribution in [0.25, 0.3) is 0 Å². The third-order valence-corrected chi connectivity index (χ3v) is 4.53. The number of hydrogen-bond acceptors (Lipinski definition) is 3. The molecular formula is C13H22ClN3O2. The molecule has 1 N–H and O–H groups in total. The van der Waals surface area contributed by atoms with Crippen molar-refractivity contribution in [3.8, 4) is 0 Å². The molecule has 0 radical (unpaired) electrons. The minimum Gasteiger partial charge on any atom is -0.345 e. The molecule has 3 heterocycles. The molecule has 0 aromatic heterocycles. The fourth-order valence-corrected chi connectivity index (χ4v) is 3.43. The number of fused-ring (bicyclic) bond motifs is 2. The molecule has 6 heteroatoms. The first kappa shape index (κ1) is 14.6. The zero-order valence-corrected chi connectivity index (χ0v) is 12.1. The van der Waals surface area contributed by atoms with Crippen molar-refractivity contribution < 1.29 is 9.59 Å². The Hall–Kier alpha value is -0.810. The van der Waals surface area contributed by atoms with Crippen LogP contribution >= 0.6 is 12.4 Å². The molecular weight excluding hydrogens is 266 g/mol. The monoisotopic (exact) mass is 287 g/mol. The number of amides is 2. The van der Waals surface area contributed by atoms with Gasteiger partial charge >= 0.3 is 0 Å². The minimum absolute atomic E-state index is 0. The first-order valence-electron chi connectivity index (χ1n) is 6.92. The molecule has 3 aliphatic heterocycles. The van der Waals surface area contributed by atoms with Crippen LogP contribution in [0.2, 0.25) is 0 Å². The summed E-state index contributed by atoms with van der Waals surface area (Å²) in [4.78, 5) is 27.6. The summed E-state index contributed by atoms with van der Waals surface area (Å²) in [5, 5.41) is 3.57. The molecule has 108 valence electrons. The van der Waals surface area contributed by atoms with Gasteiger partial charge in [0.1, 0.15) is 0 Å². The van der Waals surface area contributed by atoms with Gasteiger partial charge in [-0.25, -0.2) is 0 Å². The second-order valence-corrected chi connectivity index (χ2v) is 5.89. The van der Waals surface area contributed by atoms with E-state index in [0.717, 1.165) is 19.5 Å². The second kappa shape index (κ2) is 5.67. The number of likely N-dealkylation sites (tertiary alicyclic amines) is 2. The normalized spacial score (nSPS) is 34.2. The highest BCUT2D eigenvalue weighted by Crippen LogP contribution is 2.24. The summed E-state index contributed by atoms with van der Waals surface area (Å²) in [6.45, 7) is 2.26. The van der Waals surface area contributed by atoms with Crippen LogP contribution in [0.4, 0.5) is 0 Å². The van der Waals surface area contributed by atoms with E-state index in [2.05, 4.69) is 5.32 Å². The Morgan fingerprint density at radius 3 is 2.63 bits per heavy atom. The van der Waals surface area contributed by atoms with Gasteiger partial charge in [-0.1, -0.05) is 0 Å². The third-order valence-electron chi connectivity index (χ3n) is 4.53. The highest BCUT2D eigenvalue weighted by Gasteiger charge is 2.37. The zero-order valence-electron chi connectivity index (χ0n) is 11.3. The maximum atomic E-state index is 12.4. The van der Waals surface area contributed by atoms with E-state index in [4.69, 9.17) is 0 Å². The average Bonchev–Trinajstić information content (AvgIpc) is 2.82. The van der Waals surface area contributed by atoms with E-state index in [1.165, 1.54) is 12.8 Å². The van der Waals surface area contributed by atoms with Crippen molar-refractivity contribution >= 4 is 24.2 Å². The van der Waals surface area contributed by atoms with Gasteiger partial charge in [0, 0.05) is 45.2 Å². The van der Waals surface area contributed by atoms with Crippen molar-refractivity contribution in [3.05, 3.63) is 0 Å². The number of carbonyl (C=O) groups is 2. The average molecular weight is 288 g/mol. The van der Waals surface area contributed by atoms with E-state index in [1.807, 2.05) is 4.90 Å². The lowest BCUT2D eigenvalue weighted by Gasteiger charge is -2.26. The van der Waals surface area contributed by atoms with E-state index in [-0.39, 0.29) is 30.1 Å². The molecule has 0 saturated carbocycles. The highest BCUT2D eigenvalue weighted by atomic mass is 35.5. The summed E-state index contributed by atoms with van der Waals surface area (Å²) in [5.74, 6) is 0.170. The number of rotatable bonds is 1. The van der Waals surface area contributed by atoms with E-state index in [9.17, 15) is 9.59 Å². The molecule has 0 aliphatic carbocycles. The maximum absolute atomic E-state index is 12.4. The van der Waals surface area contributed by atoms with Gasteiger partial charge in [-0.2, -0.15) is 0 Å². The van der Waals surface area contributed by atoms with Gasteiger partial charge in [0.2, 0.25) is 11.8 Å². The molecule has 0 spiro atoms. The summed E-state index contributed by atoms with van der Waals surface area (Å²) < 4.78 is 0. The lowest BCUT2D eigenvalue weighted by atomic mass is 10.0. The molecule has 3 fully saturated rings. The summed E-state index contributed by atoms with van der Waals surface area (Å²) >= 11 is 0. The van der Waals surface area contributed by atoms with Gasteiger partial charge < -0.3 is 15.1 Å². The minimum atomic E-state index is -0.112. The molecule has 2 bridgehead atoms. The predicted octanol–water partition coefficient (Wildman–Crippen LogP) is 0.239. The van der Waals surface area contributed by atoms with Gasteiger partial charge in [0.05, 0.1) is 5.92 Å². The first-order valence-corrected chi connectivity index (χ1v) is 6.92. The van der Waals surface area contributed by atoms with Crippen LogP contribution in [0.15, 0.2) is 0 Å². The van der Waals surface area contributed by atoms with Gasteiger partial charge in [-0.15, -0.1) is 12.4 Å². The summed E-state index contributed by atoms with van der Waals surface area (Å²) in [7, 11) is 1.78. The lowest BCUT2D eigenvalue weighted by Crippen LogP contribution is -2.42. The topological polar surface area (TPSA) is 52.7 Å². The molecule has 0 aromatic carbocycles. The van der Waals surface area contributed by atoms with Crippen molar-refractivity contribution in [2.45, 2.75) is 37.8 Å². The van der Waals surface area contributed by atoms with Gasteiger partial charge in [0.25, 0.3) is 0 Å². The van der Waals surface area contributed by atoms with E-state index in [0.29, 0.717) is 25.0 Å². The standard InChI is InChI=1S/C13H21N3O2.ClH/c1-15-7-9(6-12(15)17)13(18)16-5-4-10-2-3-11(8-16)14-10;/h9-11,14H,2-8H2,1H3;1H. The van der Waals surface area contributed by atoms with Crippen LogP contribution in [0.5, 0.6) is 0 Å². The maximum Gasteiger partial charge on any atom is 0.228 e. The quantitative estimate of drug-likeness (QED) is 0.752. The fraction of sp³-hybridized carbons (Fsp3) is 0.846. The number of carbonyl (C=O) groups excluding carboxylic acids is 2. The Morgan fingerprint density at radius 2 is 1.95 bits per heavy atom. The second-order valence-electron chi connectivity index (χ2n) is 5.89. The molecule has 19 heavy (non-hydrogen) atoms. The number of halogens is 1. The summed E-state index contributed by atoms with van der Waals surface area (Å²) in [6.07, 6.45) is 3.88. The summed E-state index contributed by atoms with van der Waals surface area (Å²) in [6, 6.07) is 1.07. The van der Waals surface area contributed by atoms with Crippen LogP contribution in [0.1, 0.15) is 25.7 Å². The molecule has 3 unspecified atom stereocenters. The molecule has 3 rings (SSSR count). The van der Waals surface area contributed by atoms with E-state index >= 15 is 0 Å². The Balaban J connectivity index is 0.00000133. The first-order chi connectivity index (χ1) is 8.63. The van der Waals surface area contributed by atoms with Crippen LogP contribution in [0.3, 0.4) is 0 Å². The molecule has 2 amide bonds. The Morgan fingerprint density at radius 1 is 1.21 bits per heavy atom. The van der Waals surface area contributed by atoms with Crippen molar-refractivity contribution in [1.82, 2.24) is 15.1 Å². The number of nitrogens with one attached hydrogen (secondary N) is 1. The van der Waals surface area contributed by atoms with Crippen LogP contribution in [-0.4, -0.2) is 60.4 Å². The Bertz CT molecular complexity index is 377. The van der Waals surface area contributed by atoms with E-state index in [1.54, 1.807) is 11.9 Å². The van der Waals surface area contributed by atoms with Crippen LogP contribution in [-0.2, 0) is 9.59 Å². The zero-order chi connectivity index (χ0) is 12.7. The van der Waals surface area contributed by atoms with Gasteiger partial charge in [-0.3, -0.25) is 9.59 Å². The third kappa shape index (κ3) is 2.87. The predicted molar refractivity (Wildman–Crippen MR) is 74.1 cm³/mol. The number of nitrogens with zero attached hydrogens (tertiary/aromatic N) is 2. The Labute approximate surface area is 120 Å². The lowest BCUT2D eigenvalue weighted by molar-refractivity contribution is -0.136. The molecule has 5 nitrogen and oxygen atoms in total. The fourth-order valence-electron chi connectivity index (χ4n) is 3.43. The van der Waals surface area contributed by atoms with Gasteiger partial charge in [0.15, 0.2) is 0 Å². The van der Waals surface area contributed by atoms with Crippen LogP contribution in [0, 0.1) is 5.92 Å². The number of hydrogen-bond donors (Lipinski definition) is 1. The summed E-state index contributed by atoms with van der Waals surface area (Å²) in [5.41, 5.74) is 0. The highest BCUT2D eigenvalue weighted by molar-refractivity contribution is 5.89. The van der Waals surface area contributed by atoms with Crippen molar-refractivity contribution in [2.24, 2.45) is 5.92 Å². The largest absolute Gasteiger partial charge is 0.345 e. The van der Waals surface area contributed by atoms with Crippen molar-refractivity contribution in [2.75, 3.05) is 26.7 Å².